The first kappa shape index (κ1) is 18.2. The number of hydrogen-bond donors (Lipinski definition) is 2. The largest absolute Gasteiger partial charge is 0.480 e. The number of carboxylic acids is 1. The zero-order chi connectivity index (χ0) is 15.9. The number of carbonyl (C=O) groups excluding carboxylic acids is 2. The zero-order valence-electron chi connectivity index (χ0n) is 12.8. The second kappa shape index (κ2) is 8.39. The molecule has 0 aromatic rings. The molecule has 2 N–H and O–H groups in total. The third kappa shape index (κ3) is 5.46. The van der Waals surface area contributed by atoms with Gasteiger partial charge in [0.1, 0.15) is 12.6 Å². The maximum atomic E-state index is 11.9. The fourth-order valence-corrected chi connectivity index (χ4v) is 1.71. The van der Waals surface area contributed by atoms with Crippen molar-refractivity contribution in [3.63, 3.8) is 0 Å². The van der Waals surface area contributed by atoms with Crippen LogP contribution in [0.3, 0.4) is 0 Å². The fourth-order valence-electron chi connectivity index (χ4n) is 1.71. The number of urea groups is 1. The first-order valence-corrected chi connectivity index (χ1v) is 6.76. The summed E-state index contributed by atoms with van der Waals surface area (Å²) in [5.41, 5.74) is 0. The van der Waals surface area contributed by atoms with Crippen molar-refractivity contribution >= 4 is 17.9 Å². The number of amides is 3. The molecule has 116 valence electrons. The van der Waals surface area contributed by atoms with Crippen LogP contribution in [0.15, 0.2) is 0 Å². The molecule has 0 saturated carbocycles. The molecule has 7 nitrogen and oxygen atoms in total. The number of rotatable bonds is 7. The molecule has 0 aliphatic carbocycles. The Morgan fingerprint density at radius 2 is 1.65 bits per heavy atom. The van der Waals surface area contributed by atoms with Crippen LogP contribution in [0.1, 0.15) is 27.7 Å². The summed E-state index contributed by atoms with van der Waals surface area (Å²) >= 11 is 0. The van der Waals surface area contributed by atoms with Crippen molar-refractivity contribution in [2.75, 3.05) is 26.7 Å². The highest BCUT2D eigenvalue weighted by Gasteiger charge is 2.25. The highest BCUT2D eigenvalue weighted by atomic mass is 16.4. The molecule has 0 aromatic carbocycles. The number of hydrogen-bond acceptors (Lipinski definition) is 3. The molecule has 0 unspecified atom stereocenters. The molecular weight excluding hydrogens is 262 g/mol. The van der Waals surface area contributed by atoms with Crippen molar-refractivity contribution in [1.82, 2.24) is 15.1 Å². The molecule has 0 aliphatic heterocycles. The van der Waals surface area contributed by atoms with Gasteiger partial charge in [-0.2, -0.15) is 0 Å². The van der Waals surface area contributed by atoms with E-state index in [9.17, 15) is 14.4 Å². The minimum atomic E-state index is -1.09. The van der Waals surface area contributed by atoms with E-state index in [-0.39, 0.29) is 18.4 Å². The van der Waals surface area contributed by atoms with E-state index in [1.54, 1.807) is 18.7 Å². The number of aliphatic carboxylic acids is 1. The maximum absolute atomic E-state index is 11.9. The lowest BCUT2D eigenvalue weighted by molar-refractivity contribution is -0.140. The smallest absolute Gasteiger partial charge is 0.326 e. The van der Waals surface area contributed by atoms with Crippen LogP contribution >= 0.6 is 0 Å². The monoisotopic (exact) mass is 287 g/mol. The van der Waals surface area contributed by atoms with Gasteiger partial charge in [-0.1, -0.05) is 13.8 Å². The quantitative estimate of drug-likeness (QED) is 0.717. The Labute approximate surface area is 119 Å². The van der Waals surface area contributed by atoms with Crippen molar-refractivity contribution < 1.29 is 19.5 Å². The Hall–Kier alpha value is -1.79. The Morgan fingerprint density at radius 1 is 1.15 bits per heavy atom. The molecule has 0 heterocycles. The maximum Gasteiger partial charge on any atom is 0.326 e. The average molecular weight is 287 g/mol. The summed E-state index contributed by atoms with van der Waals surface area (Å²) in [7, 11) is 1.47. The van der Waals surface area contributed by atoms with Crippen LogP contribution in [0.4, 0.5) is 4.79 Å². The van der Waals surface area contributed by atoms with Crippen molar-refractivity contribution in [3.8, 4) is 0 Å². The van der Waals surface area contributed by atoms with E-state index < -0.39 is 18.0 Å². The zero-order valence-corrected chi connectivity index (χ0v) is 12.8. The van der Waals surface area contributed by atoms with Gasteiger partial charge in [-0.3, -0.25) is 4.79 Å². The Morgan fingerprint density at radius 3 is 2.00 bits per heavy atom. The number of likely N-dealkylation sites (N-methyl/N-ethyl adjacent to an activating group) is 2. The summed E-state index contributed by atoms with van der Waals surface area (Å²) in [5.74, 6) is -1.48. The van der Waals surface area contributed by atoms with Crippen molar-refractivity contribution in [1.29, 1.82) is 0 Å². The van der Waals surface area contributed by atoms with Crippen LogP contribution < -0.4 is 5.32 Å². The molecule has 0 saturated heterocycles. The normalized spacial score (nSPS) is 11.9. The molecule has 0 aromatic heterocycles. The Balaban J connectivity index is 4.55. The summed E-state index contributed by atoms with van der Waals surface area (Å²) < 4.78 is 0. The molecule has 0 rings (SSSR count). The van der Waals surface area contributed by atoms with E-state index >= 15 is 0 Å². The molecule has 1 atom stereocenters. The summed E-state index contributed by atoms with van der Waals surface area (Å²) in [4.78, 5) is 37.6. The second-order valence-electron chi connectivity index (χ2n) is 4.93. The van der Waals surface area contributed by atoms with Gasteiger partial charge in [0.15, 0.2) is 0 Å². The predicted molar refractivity (Wildman–Crippen MR) is 75.4 cm³/mol. The van der Waals surface area contributed by atoms with Gasteiger partial charge in [0.2, 0.25) is 5.91 Å². The van der Waals surface area contributed by atoms with Gasteiger partial charge in [0.05, 0.1) is 0 Å². The highest BCUT2D eigenvalue weighted by molar-refractivity contribution is 5.86. The van der Waals surface area contributed by atoms with Gasteiger partial charge in [-0.25, -0.2) is 9.59 Å². The standard InChI is InChI=1S/C13H25N3O4/c1-6-16(7-2)10(17)8-15(5)13(20)14-11(9(3)4)12(18)19/h9,11H,6-8H2,1-5H3,(H,14,20)(H,18,19)/t11-/m0/s1. The van der Waals surface area contributed by atoms with Gasteiger partial charge < -0.3 is 20.2 Å². The lowest BCUT2D eigenvalue weighted by atomic mass is 10.1. The van der Waals surface area contributed by atoms with E-state index in [2.05, 4.69) is 5.32 Å². The molecule has 0 radical (unpaired) electrons. The number of carbonyl (C=O) groups is 3. The molecule has 0 bridgehead atoms. The summed E-state index contributed by atoms with van der Waals surface area (Å²) in [6.07, 6.45) is 0. The number of carboxylic acid groups (broad SMARTS) is 1. The van der Waals surface area contributed by atoms with Crippen LogP contribution in [-0.4, -0.2) is 65.5 Å². The first-order valence-electron chi connectivity index (χ1n) is 6.76. The van der Waals surface area contributed by atoms with Crippen LogP contribution in [0, 0.1) is 5.92 Å². The van der Waals surface area contributed by atoms with Crippen LogP contribution in [0.5, 0.6) is 0 Å². The summed E-state index contributed by atoms with van der Waals surface area (Å²) in [6, 6.07) is -1.53. The molecule has 3 amide bonds. The van der Waals surface area contributed by atoms with Gasteiger partial charge in [0.25, 0.3) is 0 Å². The van der Waals surface area contributed by atoms with E-state index in [0.29, 0.717) is 13.1 Å². The SMILES string of the molecule is CCN(CC)C(=O)CN(C)C(=O)N[C@H](C(=O)O)C(C)C. The minimum absolute atomic E-state index is 0.0715. The van der Waals surface area contributed by atoms with Gasteiger partial charge in [-0.15, -0.1) is 0 Å². The van der Waals surface area contributed by atoms with E-state index in [0.717, 1.165) is 0 Å². The summed E-state index contributed by atoms with van der Waals surface area (Å²) in [5, 5.41) is 11.4. The molecule has 7 heteroatoms. The van der Waals surface area contributed by atoms with Crippen LogP contribution in [0.2, 0.25) is 0 Å². The van der Waals surface area contributed by atoms with E-state index in [4.69, 9.17) is 5.11 Å². The van der Waals surface area contributed by atoms with Gasteiger partial charge >= 0.3 is 12.0 Å². The van der Waals surface area contributed by atoms with Crippen molar-refractivity contribution in [2.24, 2.45) is 5.92 Å². The fraction of sp³-hybridized carbons (Fsp3) is 0.769. The molecule has 0 aliphatic rings. The van der Waals surface area contributed by atoms with Gasteiger partial charge in [-0.05, 0) is 19.8 Å². The Kier molecular flexibility index (Phi) is 7.64. The second-order valence-corrected chi connectivity index (χ2v) is 4.93. The highest BCUT2D eigenvalue weighted by Crippen LogP contribution is 2.03. The lowest BCUT2D eigenvalue weighted by Gasteiger charge is -2.25. The third-order valence-corrected chi connectivity index (χ3v) is 3.05. The average Bonchev–Trinajstić information content (AvgIpc) is 2.35. The first-order chi connectivity index (χ1) is 9.24. The predicted octanol–water partition coefficient (Wildman–Crippen LogP) is 0.605. The van der Waals surface area contributed by atoms with Crippen LogP contribution in [0.25, 0.3) is 0 Å². The minimum Gasteiger partial charge on any atom is -0.480 e. The van der Waals surface area contributed by atoms with Crippen molar-refractivity contribution in [3.05, 3.63) is 0 Å². The lowest BCUT2D eigenvalue weighted by Crippen LogP contribution is -2.51. The molecular formula is C13H25N3O4. The topological polar surface area (TPSA) is 90.0 Å². The van der Waals surface area contributed by atoms with E-state index in [1.807, 2.05) is 13.8 Å². The summed E-state index contributed by atoms with van der Waals surface area (Å²) in [6.45, 7) is 8.22. The molecule has 0 spiro atoms. The number of nitrogens with one attached hydrogen (secondary N) is 1. The van der Waals surface area contributed by atoms with Crippen LogP contribution in [-0.2, 0) is 9.59 Å². The molecule has 0 fully saturated rings. The Bertz CT molecular complexity index is 354. The van der Waals surface area contributed by atoms with Gasteiger partial charge in [0, 0.05) is 20.1 Å². The third-order valence-electron chi connectivity index (χ3n) is 3.05. The van der Waals surface area contributed by atoms with Crippen molar-refractivity contribution in [2.45, 2.75) is 33.7 Å². The molecule has 20 heavy (non-hydrogen) atoms. The van der Waals surface area contributed by atoms with E-state index in [1.165, 1.54) is 11.9 Å². The number of nitrogens with zero attached hydrogens (tertiary/aromatic N) is 2.